The molecule has 0 spiro atoms. The van der Waals surface area contributed by atoms with Gasteiger partial charge in [0, 0.05) is 94.0 Å². The van der Waals surface area contributed by atoms with Crippen LogP contribution in [0.4, 0.5) is 15.3 Å². The van der Waals surface area contributed by atoms with Crippen molar-refractivity contribution in [3.8, 4) is 5.75 Å². The quantitative estimate of drug-likeness (QED) is 0.0160. The fourth-order valence-corrected chi connectivity index (χ4v) is 13.1. The Kier molecular flexibility index (Phi) is 30.5. The molecule has 3 aromatic rings. The number of aromatic hydroxyl groups is 1. The van der Waals surface area contributed by atoms with E-state index in [9.17, 15) is 53.4 Å². The van der Waals surface area contributed by atoms with Crippen LogP contribution in [-0.4, -0.2) is 172 Å². The molecular formula is C69H101N11O15S. The summed E-state index contributed by atoms with van der Waals surface area (Å²) in [6.45, 7) is 16.7. The first-order valence-corrected chi connectivity index (χ1v) is 34.8. The van der Waals surface area contributed by atoms with E-state index in [1.165, 1.54) is 35.5 Å². The average molecular weight is 1360 g/mol. The highest BCUT2D eigenvalue weighted by Gasteiger charge is 2.41. The number of primary amides is 1. The SMILES string of the molecule is CCCO[C@H](C[C@H](C(C)C)N(CCC)C(=O)[C@@H](NC(=O)[C@H]1CCCCN1C(=O)OCc1ccc(NC(=O)[C@H](CCCNC(N)=O)NC(=O)[C@@H](NC(=O)CCCCCN2C(=O)C=CC2=O)C(C)C)cc1)[C@@H](C)CC)c1nc(C(=O)N[C@H]2Cc3ccc(O)cc3[C@H](C(O)OC)C2)cs1. The number of aliphatic hydroxyl groups is 1. The Balaban J connectivity index is 1.06. The standard InChI is InChI=1S/C69H101N11O15S/c1-10-31-78(54(41(4)5)38-55(94-34-11-2)65-75-52(40-96-65)62(86)73-47-35-45-24-27-48(81)37-49(45)50(36-47)67(90)93-9)66(89)60(43(8)12-3)77-63(87)53-20-15-17-32-79(53)69(92)95-39-44-22-25-46(26-23-44)72-61(85)51(19-18-30-71-68(70)91)74-64(88)59(42(6)7)76-56(82)21-14-13-16-33-80-57(83)28-29-58(80)84/h22-29,37,40-43,47,50-51,53-55,59-60,67,81,90H,10-21,30-36,38-39H2,1-9H3,(H,72,85)(H,73,86)(H,74,88)(H,76,82)(H,77,87)(H3,70,71,91)/t43-,47-,50+,51-,53+,54+,55+,59-,60-,67?/m0/s1. The molecule has 96 heavy (non-hydrogen) atoms. The summed E-state index contributed by atoms with van der Waals surface area (Å²) in [5, 5.41) is 40.3. The Bertz CT molecular complexity index is 3140. The lowest BCUT2D eigenvalue weighted by Gasteiger charge is -2.40. The minimum Gasteiger partial charge on any atom is -0.508 e. The van der Waals surface area contributed by atoms with Crippen molar-refractivity contribution in [1.29, 1.82) is 0 Å². The molecule has 10 N–H and O–H groups in total. The summed E-state index contributed by atoms with van der Waals surface area (Å²) < 4.78 is 17.6. The third-order valence-electron chi connectivity index (χ3n) is 17.8. The minimum atomic E-state index is -1.15. The number of imide groups is 1. The molecule has 1 aromatic heterocycles. The number of phenols is 1. The predicted octanol–water partition coefficient (Wildman–Crippen LogP) is 6.98. The molecule has 26 nitrogen and oxygen atoms in total. The van der Waals surface area contributed by atoms with Crippen molar-refractivity contribution in [1.82, 2.24) is 46.3 Å². The maximum Gasteiger partial charge on any atom is 0.410 e. The first kappa shape index (κ1) is 77.0. The number of unbranched alkanes of at least 4 members (excludes halogenated alkanes) is 2. The number of rotatable bonds is 37. The number of piperidine rings is 1. The summed E-state index contributed by atoms with van der Waals surface area (Å²) in [4.78, 5) is 143. The lowest BCUT2D eigenvalue weighted by atomic mass is 9.79. The van der Waals surface area contributed by atoms with Crippen molar-refractivity contribution in [2.75, 3.05) is 45.2 Å². The van der Waals surface area contributed by atoms with Gasteiger partial charge in [0.05, 0.1) is 0 Å². The smallest absolute Gasteiger partial charge is 0.410 e. The van der Waals surface area contributed by atoms with Gasteiger partial charge in [0.25, 0.3) is 17.7 Å². The van der Waals surface area contributed by atoms with Crippen molar-refractivity contribution in [3.05, 3.63) is 87.4 Å². The number of anilines is 1. The molecule has 2 aliphatic heterocycles. The molecule has 0 bridgehead atoms. The number of carbonyl (C=O) groups excluding carboxylic acids is 10. The van der Waals surface area contributed by atoms with E-state index in [1.807, 2.05) is 46.4 Å². The van der Waals surface area contributed by atoms with Gasteiger partial charge in [0.2, 0.25) is 29.5 Å². The fourth-order valence-electron chi connectivity index (χ4n) is 12.3. The number of benzene rings is 2. The largest absolute Gasteiger partial charge is 0.508 e. The maximum atomic E-state index is 15.2. The number of likely N-dealkylation sites (tertiary alicyclic amines) is 1. The number of ether oxygens (including phenoxy) is 3. The molecule has 10 atom stereocenters. The maximum absolute atomic E-state index is 15.2. The lowest BCUT2D eigenvalue weighted by molar-refractivity contribution is -0.143. The first-order valence-electron chi connectivity index (χ1n) is 33.9. The van der Waals surface area contributed by atoms with Crippen LogP contribution < -0.4 is 37.6 Å². The molecule has 1 unspecified atom stereocenters. The van der Waals surface area contributed by atoms with Crippen molar-refractivity contribution in [2.45, 2.75) is 213 Å². The molecule has 0 radical (unpaired) electrons. The highest BCUT2D eigenvalue weighted by atomic mass is 32.1. The zero-order valence-corrected chi connectivity index (χ0v) is 57.8. The van der Waals surface area contributed by atoms with Gasteiger partial charge < -0.3 is 67.0 Å². The molecule has 11 amide bonds. The van der Waals surface area contributed by atoms with Crippen LogP contribution in [0.5, 0.6) is 5.75 Å². The molecule has 3 heterocycles. The number of nitrogens with zero attached hydrogens (tertiary/aromatic N) is 4. The van der Waals surface area contributed by atoms with Gasteiger partial charge in [-0.1, -0.05) is 86.4 Å². The second kappa shape index (κ2) is 38.1. The number of hydrogen-bond acceptors (Lipinski definition) is 17. The number of fused-ring (bicyclic) bond motifs is 1. The Morgan fingerprint density at radius 3 is 2.24 bits per heavy atom. The minimum absolute atomic E-state index is 0.0748. The molecular weight excluding hydrogens is 1250 g/mol. The monoisotopic (exact) mass is 1360 g/mol. The van der Waals surface area contributed by atoms with Crippen LogP contribution in [0.15, 0.2) is 60.0 Å². The molecule has 528 valence electrons. The molecule has 1 saturated heterocycles. The zero-order valence-electron chi connectivity index (χ0n) is 57.0. The number of thiazole rings is 1. The summed E-state index contributed by atoms with van der Waals surface area (Å²) in [5.41, 5.74) is 8.03. The highest BCUT2D eigenvalue weighted by molar-refractivity contribution is 7.09. The summed E-state index contributed by atoms with van der Waals surface area (Å²) >= 11 is 1.30. The number of methoxy groups -OCH3 is 1. The Labute approximate surface area is 567 Å². The van der Waals surface area contributed by atoms with Crippen molar-refractivity contribution >= 4 is 76.4 Å². The number of nitrogens with two attached hydrogens (primary N) is 1. The van der Waals surface area contributed by atoms with E-state index in [2.05, 4.69) is 31.9 Å². The van der Waals surface area contributed by atoms with E-state index in [0.717, 1.165) is 16.0 Å². The van der Waals surface area contributed by atoms with Gasteiger partial charge in [-0.25, -0.2) is 14.6 Å². The van der Waals surface area contributed by atoms with Gasteiger partial charge in [0.15, 0.2) is 6.29 Å². The van der Waals surface area contributed by atoms with Crippen molar-refractivity contribution in [3.63, 3.8) is 0 Å². The Morgan fingerprint density at radius 1 is 0.854 bits per heavy atom. The number of amides is 11. The van der Waals surface area contributed by atoms with Crippen LogP contribution in [0.2, 0.25) is 0 Å². The summed E-state index contributed by atoms with van der Waals surface area (Å²) in [6.07, 6.45) is 6.67. The van der Waals surface area contributed by atoms with E-state index < -0.39 is 72.3 Å². The average Bonchev–Trinajstić information content (AvgIpc) is 1.24. The number of aromatic nitrogens is 1. The topological polar surface area (TPSA) is 360 Å². The van der Waals surface area contributed by atoms with E-state index in [1.54, 1.807) is 61.7 Å². The second-order valence-electron chi connectivity index (χ2n) is 25.8. The predicted molar refractivity (Wildman–Crippen MR) is 361 cm³/mol. The number of urea groups is 1. The summed E-state index contributed by atoms with van der Waals surface area (Å²) in [6, 6.07) is 6.03. The van der Waals surface area contributed by atoms with E-state index >= 15 is 4.79 Å². The molecule has 1 aliphatic carbocycles. The van der Waals surface area contributed by atoms with E-state index in [4.69, 9.17) is 24.9 Å². The molecule has 6 rings (SSSR count). The molecule has 1 fully saturated rings. The van der Waals surface area contributed by atoms with Gasteiger partial charge >= 0.3 is 12.1 Å². The Morgan fingerprint density at radius 2 is 1.58 bits per heavy atom. The fraction of sp³-hybridized carbons (Fsp3) is 0.609. The number of carbonyl (C=O) groups is 10. The van der Waals surface area contributed by atoms with Crippen LogP contribution in [0.25, 0.3) is 0 Å². The normalized spacial score (nSPS) is 18.3. The molecule has 3 aliphatic rings. The van der Waals surface area contributed by atoms with Gasteiger partial charge in [-0.15, -0.1) is 11.3 Å². The number of phenolic OH excluding ortho intramolecular Hbond substituents is 1. The first-order chi connectivity index (χ1) is 45.9. The van der Waals surface area contributed by atoms with Gasteiger partial charge in [-0.05, 0) is 129 Å². The summed E-state index contributed by atoms with van der Waals surface area (Å²) in [5.74, 6) is -4.57. The molecule has 2 aromatic carbocycles. The second-order valence-corrected chi connectivity index (χ2v) is 26.7. The van der Waals surface area contributed by atoms with Gasteiger partial charge in [0.1, 0.15) is 53.3 Å². The van der Waals surface area contributed by atoms with Gasteiger partial charge in [-0.2, -0.15) is 0 Å². The number of hydrogen-bond donors (Lipinski definition) is 9. The Hall–Kier alpha value is -8.01. The van der Waals surface area contributed by atoms with Crippen LogP contribution >= 0.6 is 11.3 Å². The lowest BCUT2D eigenvalue weighted by Crippen LogP contribution is -2.59. The van der Waals surface area contributed by atoms with Crippen LogP contribution in [0, 0.1) is 17.8 Å². The summed E-state index contributed by atoms with van der Waals surface area (Å²) in [7, 11) is 1.41. The van der Waals surface area contributed by atoms with Crippen LogP contribution in [-0.2, 0) is 60.8 Å². The highest BCUT2D eigenvalue weighted by Crippen LogP contribution is 2.37. The number of nitrogens with one attached hydrogen (secondary N) is 6. The third kappa shape index (κ3) is 22.3. The van der Waals surface area contributed by atoms with Crippen molar-refractivity contribution in [2.24, 2.45) is 23.5 Å². The van der Waals surface area contributed by atoms with Crippen LogP contribution in [0.1, 0.15) is 189 Å². The van der Waals surface area contributed by atoms with Gasteiger partial charge in [-0.3, -0.25) is 48.2 Å². The van der Waals surface area contributed by atoms with E-state index in [0.29, 0.717) is 106 Å². The molecule has 27 heteroatoms. The van der Waals surface area contributed by atoms with E-state index in [-0.39, 0.29) is 116 Å². The molecule has 0 saturated carbocycles. The van der Waals surface area contributed by atoms with Crippen molar-refractivity contribution < 1.29 is 72.4 Å². The van der Waals surface area contributed by atoms with Crippen LogP contribution in [0.3, 0.4) is 0 Å². The third-order valence-corrected chi connectivity index (χ3v) is 18.8. The zero-order chi connectivity index (χ0) is 70.2. The number of aliphatic hydroxyl groups excluding tert-OH is 1.